The highest BCUT2D eigenvalue weighted by atomic mass is 32.2. The Morgan fingerprint density at radius 3 is 2.03 bits per heavy atom. The highest BCUT2D eigenvalue weighted by Crippen LogP contribution is 2.41. The lowest BCUT2D eigenvalue weighted by molar-refractivity contribution is -0.113. The van der Waals surface area contributed by atoms with Gasteiger partial charge in [-0.1, -0.05) is 11.8 Å². The normalized spacial score (nSPS) is 10.5. The number of carbonyl (C=O) groups is 1. The van der Waals surface area contributed by atoms with Gasteiger partial charge in [0.25, 0.3) is 0 Å². The Bertz CT molecular complexity index is 1090. The first kappa shape index (κ1) is 23.9. The van der Waals surface area contributed by atoms with Crippen LogP contribution in [0.15, 0.2) is 35.5 Å². The molecule has 2 aromatic carbocycles. The number of thioether (sulfide) groups is 1. The molecule has 3 aromatic rings. The summed E-state index contributed by atoms with van der Waals surface area (Å²) in [6.45, 7) is 0. The second kappa shape index (κ2) is 10.7. The minimum absolute atomic E-state index is 0.0596. The van der Waals surface area contributed by atoms with Crippen molar-refractivity contribution in [3.63, 3.8) is 0 Å². The summed E-state index contributed by atoms with van der Waals surface area (Å²) in [6, 6.07) is 8.53. The van der Waals surface area contributed by atoms with Crippen LogP contribution in [0.1, 0.15) is 0 Å². The lowest BCUT2D eigenvalue weighted by Crippen LogP contribution is -2.16. The van der Waals surface area contributed by atoms with Gasteiger partial charge in [0.2, 0.25) is 16.8 Å². The zero-order valence-electron chi connectivity index (χ0n) is 18.9. The van der Waals surface area contributed by atoms with E-state index in [1.807, 2.05) is 0 Å². The molecular formula is C21H25N5O6S. The first-order valence-electron chi connectivity index (χ1n) is 9.60. The van der Waals surface area contributed by atoms with Gasteiger partial charge in [0.05, 0.1) is 41.3 Å². The van der Waals surface area contributed by atoms with E-state index in [0.29, 0.717) is 51.0 Å². The highest BCUT2D eigenvalue weighted by Gasteiger charge is 2.19. The maximum absolute atomic E-state index is 12.5. The largest absolute Gasteiger partial charge is 0.497 e. The molecule has 1 amide bonds. The van der Waals surface area contributed by atoms with E-state index < -0.39 is 0 Å². The van der Waals surface area contributed by atoms with Crippen molar-refractivity contribution in [3.8, 4) is 40.1 Å². The van der Waals surface area contributed by atoms with Crippen molar-refractivity contribution in [3.05, 3.63) is 30.3 Å². The van der Waals surface area contributed by atoms with Crippen molar-refractivity contribution in [1.82, 2.24) is 14.9 Å². The third kappa shape index (κ3) is 5.34. The van der Waals surface area contributed by atoms with Crippen LogP contribution in [-0.4, -0.2) is 62.1 Å². The third-order valence-corrected chi connectivity index (χ3v) is 5.50. The van der Waals surface area contributed by atoms with Crippen molar-refractivity contribution < 1.29 is 28.5 Å². The van der Waals surface area contributed by atoms with Gasteiger partial charge in [-0.15, -0.1) is 10.2 Å². The number of hydrogen-bond donors (Lipinski definition) is 2. The minimum atomic E-state index is -0.257. The quantitative estimate of drug-likeness (QED) is 0.333. The van der Waals surface area contributed by atoms with E-state index in [4.69, 9.17) is 29.5 Å². The first-order valence-corrected chi connectivity index (χ1v) is 10.6. The van der Waals surface area contributed by atoms with E-state index in [1.54, 1.807) is 30.3 Å². The zero-order valence-corrected chi connectivity index (χ0v) is 19.7. The molecule has 12 heteroatoms. The third-order valence-electron chi connectivity index (χ3n) is 4.56. The number of aromatic nitrogens is 3. The number of nitrogen functional groups attached to an aromatic ring is 1. The molecule has 0 aliphatic rings. The number of anilines is 1. The molecular weight excluding hydrogens is 450 g/mol. The van der Waals surface area contributed by atoms with E-state index in [2.05, 4.69) is 15.5 Å². The predicted molar refractivity (Wildman–Crippen MR) is 124 cm³/mol. The van der Waals surface area contributed by atoms with Crippen molar-refractivity contribution in [2.45, 2.75) is 5.16 Å². The first-order chi connectivity index (χ1) is 15.9. The van der Waals surface area contributed by atoms with Gasteiger partial charge in [-0.3, -0.25) is 4.79 Å². The Balaban J connectivity index is 1.74. The molecule has 33 heavy (non-hydrogen) atoms. The summed E-state index contributed by atoms with van der Waals surface area (Å²) in [5, 5.41) is 11.4. The Hall–Kier alpha value is -3.80. The minimum Gasteiger partial charge on any atom is -0.497 e. The molecule has 0 bridgehead atoms. The van der Waals surface area contributed by atoms with Crippen molar-refractivity contribution in [2.24, 2.45) is 0 Å². The summed E-state index contributed by atoms with van der Waals surface area (Å²) in [4.78, 5) is 12.5. The standard InChI is InChI=1S/C21H25N5O6S/c1-28-14-8-13(9-15(10-14)29-2)23-18(27)11-33-21-25-24-20(26(21)22)12-6-16(30-3)19(32-5)17(7-12)31-4/h6-10H,11,22H2,1-5H3,(H,23,27). The summed E-state index contributed by atoms with van der Waals surface area (Å²) in [6.07, 6.45) is 0. The summed E-state index contributed by atoms with van der Waals surface area (Å²) in [5.41, 5.74) is 1.16. The summed E-state index contributed by atoms with van der Waals surface area (Å²) in [5.74, 6) is 8.86. The van der Waals surface area contributed by atoms with Crippen LogP contribution in [0.3, 0.4) is 0 Å². The van der Waals surface area contributed by atoms with Gasteiger partial charge in [0.15, 0.2) is 17.3 Å². The van der Waals surface area contributed by atoms with Gasteiger partial charge in [-0.25, -0.2) is 4.68 Å². The highest BCUT2D eigenvalue weighted by molar-refractivity contribution is 7.99. The molecule has 0 aliphatic carbocycles. The molecule has 0 aliphatic heterocycles. The topological polar surface area (TPSA) is 132 Å². The summed E-state index contributed by atoms with van der Waals surface area (Å²) in [7, 11) is 7.64. The SMILES string of the molecule is COc1cc(NC(=O)CSc2nnc(-c3cc(OC)c(OC)c(OC)c3)n2N)cc(OC)c1. The fourth-order valence-corrected chi connectivity index (χ4v) is 3.65. The van der Waals surface area contributed by atoms with E-state index in [0.717, 1.165) is 11.8 Å². The molecule has 11 nitrogen and oxygen atoms in total. The Morgan fingerprint density at radius 2 is 1.52 bits per heavy atom. The molecule has 1 aromatic heterocycles. The van der Waals surface area contributed by atoms with Gasteiger partial charge in [-0.05, 0) is 12.1 Å². The second-order valence-corrected chi connectivity index (χ2v) is 7.47. The number of amides is 1. The number of carbonyl (C=O) groups excluding carboxylic acids is 1. The number of rotatable bonds is 10. The molecule has 0 saturated heterocycles. The molecule has 0 atom stereocenters. The number of nitrogens with one attached hydrogen (secondary N) is 1. The molecule has 3 rings (SSSR count). The van der Waals surface area contributed by atoms with Gasteiger partial charge in [-0.2, -0.15) is 0 Å². The number of methoxy groups -OCH3 is 5. The van der Waals surface area contributed by atoms with Crippen LogP contribution in [0, 0.1) is 0 Å². The van der Waals surface area contributed by atoms with E-state index in [-0.39, 0.29) is 11.7 Å². The number of hydrogen-bond acceptors (Lipinski definition) is 10. The number of nitrogens with zero attached hydrogens (tertiary/aromatic N) is 3. The Labute approximate surface area is 195 Å². The van der Waals surface area contributed by atoms with E-state index in [9.17, 15) is 4.79 Å². The van der Waals surface area contributed by atoms with Crippen molar-refractivity contribution >= 4 is 23.4 Å². The van der Waals surface area contributed by atoms with Gasteiger partial charge in [0, 0.05) is 29.4 Å². The predicted octanol–water partition coefficient (Wildman–Crippen LogP) is 2.43. The van der Waals surface area contributed by atoms with Crippen LogP contribution in [0.25, 0.3) is 11.4 Å². The Kier molecular flexibility index (Phi) is 7.72. The van der Waals surface area contributed by atoms with Crippen LogP contribution >= 0.6 is 11.8 Å². The van der Waals surface area contributed by atoms with Gasteiger partial charge < -0.3 is 34.8 Å². The van der Waals surface area contributed by atoms with Crippen LogP contribution in [0.5, 0.6) is 28.7 Å². The fourth-order valence-electron chi connectivity index (χ4n) is 2.99. The summed E-state index contributed by atoms with van der Waals surface area (Å²) < 4.78 is 27.8. The molecule has 1 heterocycles. The second-order valence-electron chi connectivity index (χ2n) is 6.53. The van der Waals surface area contributed by atoms with Crippen LogP contribution in [-0.2, 0) is 4.79 Å². The smallest absolute Gasteiger partial charge is 0.234 e. The van der Waals surface area contributed by atoms with Crippen molar-refractivity contribution in [1.29, 1.82) is 0 Å². The molecule has 0 radical (unpaired) electrons. The summed E-state index contributed by atoms with van der Waals surface area (Å²) >= 11 is 1.14. The van der Waals surface area contributed by atoms with Gasteiger partial charge in [0.1, 0.15) is 11.5 Å². The lowest BCUT2D eigenvalue weighted by atomic mass is 10.1. The number of nitrogens with two attached hydrogens (primary N) is 1. The number of benzene rings is 2. The molecule has 0 spiro atoms. The van der Waals surface area contributed by atoms with Gasteiger partial charge >= 0.3 is 0 Å². The number of ether oxygens (including phenoxy) is 5. The van der Waals surface area contributed by atoms with Crippen LogP contribution in [0.4, 0.5) is 5.69 Å². The average molecular weight is 476 g/mol. The lowest BCUT2D eigenvalue weighted by Gasteiger charge is -2.13. The van der Waals surface area contributed by atoms with E-state index >= 15 is 0 Å². The van der Waals surface area contributed by atoms with E-state index in [1.165, 1.54) is 40.2 Å². The molecule has 3 N–H and O–H groups in total. The van der Waals surface area contributed by atoms with Crippen LogP contribution < -0.4 is 34.8 Å². The fraction of sp³-hybridized carbons (Fsp3) is 0.286. The molecule has 0 unspecified atom stereocenters. The Morgan fingerprint density at radius 1 is 0.909 bits per heavy atom. The molecule has 0 fully saturated rings. The molecule has 0 saturated carbocycles. The average Bonchev–Trinajstić information content (AvgIpc) is 3.21. The zero-order chi connectivity index (χ0) is 24.0. The monoisotopic (exact) mass is 475 g/mol. The molecule has 176 valence electrons. The van der Waals surface area contributed by atoms with Crippen LogP contribution in [0.2, 0.25) is 0 Å². The maximum Gasteiger partial charge on any atom is 0.234 e. The maximum atomic E-state index is 12.5. The van der Waals surface area contributed by atoms with Crippen molar-refractivity contribution in [2.75, 3.05) is 52.5 Å².